The van der Waals surface area contributed by atoms with Crippen molar-refractivity contribution in [1.82, 2.24) is 4.57 Å². The van der Waals surface area contributed by atoms with E-state index in [4.69, 9.17) is 0 Å². The van der Waals surface area contributed by atoms with Crippen LogP contribution in [-0.4, -0.2) is 4.57 Å². The Morgan fingerprint density at radius 3 is 1.60 bits per heavy atom. The zero-order valence-corrected chi connectivity index (χ0v) is 18.1. The maximum absolute atomic E-state index is 2.35. The average molecular weight is 350 g/mol. The molecule has 0 aromatic carbocycles. The largest absolute Gasteiger partial charge is 0.244 e. The van der Waals surface area contributed by atoms with Crippen molar-refractivity contribution in [3.05, 3.63) is 18.7 Å². The van der Waals surface area contributed by atoms with Crippen LogP contribution in [-0.2, 0) is 12.1 Å². The van der Waals surface area contributed by atoms with Crippen molar-refractivity contribution in [1.29, 1.82) is 0 Å². The van der Waals surface area contributed by atoms with E-state index in [2.05, 4.69) is 69.4 Å². The fourth-order valence-electron chi connectivity index (χ4n) is 3.29. The van der Waals surface area contributed by atoms with Crippen molar-refractivity contribution in [2.45, 2.75) is 124 Å². The topological polar surface area (TPSA) is 8.81 Å². The Hall–Kier alpha value is -0.790. The molecule has 25 heavy (non-hydrogen) atoms. The monoisotopic (exact) mass is 349 g/mol. The molecule has 0 radical (unpaired) electrons. The van der Waals surface area contributed by atoms with Crippen molar-refractivity contribution in [2.75, 3.05) is 0 Å². The molecule has 0 aliphatic carbocycles. The number of hydrogen-bond acceptors (Lipinski definition) is 0. The highest BCUT2D eigenvalue weighted by Gasteiger charge is 2.18. The lowest BCUT2D eigenvalue weighted by atomic mass is 9.89. The molecule has 0 atom stereocenters. The van der Waals surface area contributed by atoms with E-state index in [-0.39, 0.29) is 5.54 Å². The van der Waals surface area contributed by atoms with Crippen molar-refractivity contribution < 1.29 is 4.57 Å². The molecule has 0 N–H and O–H groups in total. The lowest BCUT2D eigenvalue weighted by molar-refractivity contribution is -0.697. The van der Waals surface area contributed by atoms with Crippen LogP contribution in [0.25, 0.3) is 0 Å². The summed E-state index contributed by atoms with van der Waals surface area (Å²) in [6, 6.07) is 0. The molecule has 0 aliphatic heterocycles. The van der Waals surface area contributed by atoms with E-state index in [1.165, 1.54) is 70.6 Å². The van der Waals surface area contributed by atoms with E-state index in [1.807, 2.05) is 0 Å². The first-order chi connectivity index (χ1) is 11.7. The molecule has 1 aromatic heterocycles. The number of rotatable bonds is 12. The molecule has 146 valence electrons. The third-order valence-electron chi connectivity index (χ3n) is 5.06. The van der Waals surface area contributed by atoms with Crippen LogP contribution in [0.2, 0.25) is 0 Å². The number of aryl methyl sites for hydroxylation is 1. The van der Waals surface area contributed by atoms with Crippen LogP contribution in [0.4, 0.5) is 0 Å². The number of aromatic nitrogens is 2. The van der Waals surface area contributed by atoms with Gasteiger partial charge in [-0.2, -0.15) is 0 Å². The van der Waals surface area contributed by atoms with Gasteiger partial charge < -0.3 is 0 Å². The zero-order valence-electron chi connectivity index (χ0n) is 18.1. The zero-order chi connectivity index (χ0) is 18.8. The molecule has 1 rings (SSSR count). The standard InChI is InChI=1S/C23H45N2/c1-22(2,3)17-15-13-11-9-7-8-10-12-14-16-18-24-19-20-25(21-24)23(4,5)6/h19-21H,7-18H2,1-6H3/q+1. The van der Waals surface area contributed by atoms with Gasteiger partial charge in [0.05, 0.1) is 6.54 Å². The van der Waals surface area contributed by atoms with Gasteiger partial charge in [0.15, 0.2) is 0 Å². The molecule has 1 heterocycles. The highest BCUT2D eigenvalue weighted by atomic mass is 15.1. The quantitative estimate of drug-likeness (QED) is 0.287. The van der Waals surface area contributed by atoms with E-state index in [0.717, 1.165) is 6.54 Å². The van der Waals surface area contributed by atoms with E-state index >= 15 is 0 Å². The van der Waals surface area contributed by atoms with Crippen LogP contribution >= 0.6 is 0 Å². The summed E-state index contributed by atoms with van der Waals surface area (Å²) in [5.41, 5.74) is 0.714. The van der Waals surface area contributed by atoms with Crippen molar-refractivity contribution in [3.63, 3.8) is 0 Å². The van der Waals surface area contributed by atoms with Crippen LogP contribution in [0.3, 0.4) is 0 Å². The minimum absolute atomic E-state index is 0.192. The molecule has 2 nitrogen and oxygen atoms in total. The normalized spacial score (nSPS) is 12.7. The first-order valence-corrected chi connectivity index (χ1v) is 10.8. The van der Waals surface area contributed by atoms with Gasteiger partial charge in [0.2, 0.25) is 6.33 Å². The number of imidazole rings is 1. The Morgan fingerprint density at radius 1 is 0.680 bits per heavy atom. The lowest BCUT2D eigenvalue weighted by Crippen LogP contribution is -2.32. The van der Waals surface area contributed by atoms with Crippen LogP contribution in [0, 0.1) is 5.41 Å². The van der Waals surface area contributed by atoms with Gasteiger partial charge in [-0.3, -0.25) is 0 Å². The first kappa shape index (κ1) is 22.3. The van der Waals surface area contributed by atoms with Gasteiger partial charge in [-0.15, -0.1) is 0 Å². The minimum Gasteiger partial charge on any atom is -0.237 e. The van der Waals surface area contributed by atoms with E-state index < -0.39 is 0 Å². The Bertz CT molecular complexity index is 445. The predicted molar refractivity (Wildman–Crippen MR) is 110 cm³/mol. The molecule has 2 heteroatoms. The SMILES string of the molecule is CC(C)(C)CCCCCCCCCCCC[n+]1ccn(C(C)(C)C)c1. The maximum Gasteiger partial charge on any atom is 0.244 e. The Kier molecular flexibility index (Phi) is 9.82. The molecule has 0 spiro atoms. The van der Waals surface area contributed by atoms with Crippen LogP contribution in [0.1, 0.15) is 112 Å². The molecule has 0 saturated heterocycles. The van der Waals surface area contributed by atoms with Gasteiger partial charge in [-0.1, -0.05) is 72.1 Å². The summed E-state index contributed by atoms with van der Waals surface area (Å²) in [4.78, 5) is 0. The summed E-state index contributed by atoms with van der Waals surface area (Å²) in [5.74, 6) is 0. The summed E-state index contributed by atoms with van der Waals surface area (Å²) in [7, 11) is 0. The van der Waals surface area contributed by atoms with Crippen LogP contribution in [0.5, 0.6) is 0 Å². The third kappa shape index (κ3) is 11.4. The Morgan fingerprint density at radius 2 is 1.16 bits per heavy atom. The van der Waals surface area contributed by atoms with Crippen LogP contribution < -0.4 is 4.57 Å². The fourth-order valence-corrected chi connectivity index (χ4v) is 3.29. The summed E-state index contributed by atoms with van der Waals surface area (Å²) in [6.45, 7) is 15.0. The average Bonchev–Trinajstić information content (AvgIpc) is 2.96. The number of nitrogens with zero attached hydrogens (tertiary/aromatic N) is 2. The number of hydrogen-bond donors (Lipinski definition) is 0. The van der Waals surface area contributed by atoms with E-state index in [0.29, 0.717) is 5.41 Å². The van der Waals surface area contributed by atoms with Crippen LogP contribution in [0.15, 0.2) is 18.7 Å². The fraction of sp³-hybridized carbons (Fsp3) is 0.870. The van der Waals surface area contributed by atoms with Gasteiger partial charge in [-0.05, 0) is 45.4 Å². The molecule has 0 bridgehead atoms. The molecule has 0 amide bonds. The molecule has 0 unspecified atom stereocenters. The second-order valence-electron chi connectivity index (χ2n) is 10.1. The van der Waals surface area contributed by atoms with Gasteiger partial charge in [-0.25, -0.2) is 9.13 Å². The second kappa shape index (κ2) is 11.0. The maximum atomic E-state index is 2.35. The van der Waals surface area contributed by atoms with Crippen molar-refractivity contribution >= 4 is 0 Å². The predicted octanol–water partition coefficient (Wildman–Crippen LogP) is 6.87. The van der Waals surface area contributed by atoms with Gasteiger partial charge in [0.1, 0.15) is 17.9 Å². The lowest BCUT2D eigenvalue weighted by Gasteiger charge is -2.17. The molecule has 0 fully saturated rings. The smallest absolute Gasteiger partial charge is 0.237 e. The Balaban J connectivity index is 1.90. The summed E-state index contributed by atoms with van der Waals surface area (Å²) in [5, 5.41) is 0. The second-order valence-corrected chi connectivity index (χ2v) is 10.1. The third-order valence-corrected chi connectivity index (χ3v) is 5.06. The summed E-state index contributed by atoms with van der Waals surface area (Å²) >= 11 is 0. The van der Waals surface area contributed by atoms with E-state index in [9.17, 15) is 0 Å². The molecule has 0 aliphatic rings. The van der Waals surface area contributed by atoms with Gasteiger partial charge >= 0.3 is 0 Å². The highest BCUT2D eigenvalue weighted by Crippen LogP contribution is 2.22. The summed E-state index contributed by atoms with van der Waals surface area (Å²) in [6.07, 6.45) is 22.2. The summed E-state index contributed by atoms with van der Waals surface area (Å²) < 4.78 is 4.64. The van der Waals surface area contributed by atoms with Gasteiger partial charge in [0.25, 0.3) is 0 Å². The van der Waals surface area contributed by atoms with Crippen molar-refractivity contribution in [2.24, 2.45) is 5.41 Å². The van der Waals surface area contributed by atoms with Gasteiger partial charge in [0, 0.05) is 0 Å². The molecular weight excluding hydrogens is 304 g/mol. The van der Waals surface area contributed by atoms with Crippen molar-refractivity contribution in [3.8, 4) is 0 Å². The molecular formula is C23H45N2+. The molecule has 1 aromatic rings. The minimum atomic E-state index is 0.192. The number of unbranched alkanes of at least 4 members (excludes halogenated alkanes) is 9. The highest BCUT2D eigenvalue weighted by molar-refractivity contribution is 4.78. The Labute approximate surface area is 158 Å². The van der Waals surface area contributed by atoms with E-state index in [1.54, 1.807) is 0 Å². The first-order valence-electron chi connectivity index (χ1n) is 10.8. The molecule has 0 saturated carbocycles.